The average Bonchev–Trinajstić information content (AvgIpc) is 2.16. The number of nitrogens with two attached hydrogens (primary N) is 1. The summed E-state index contributed by atoms with van der Waals surface area (Å²) in [6, 6.07) is 2.22. The molecule has 1 aromatic rings. The van der Waals surface area contributed by atoms with Gasteiger partial charge in [0.15, 0.2) is 4.90 Å². The van der Waals surface area contributed by atoms with E-state index in [2.05, 4.69) is 0 Å². The van der Waals surface area contributed by atoms with Gasteiger partial charge in [-0.05, 0) is 6.26 Å². The van der Waals surface area contributed by atoms with Crippen LogP contribution in [0, 0.1) is 20.2 Å². The van der Waals surface area contributed by atoms with Crippen molar-refractivity contribution in [2.75, 3.05) is 12.0 Å². The molecule has 0 aliphatic rings. The molecule has 0 spiro atoms. The average molecular weight is 229 g/mol. The molecule has 80 valence electrons. The highest BCUT2D eigenvalue weighted by molar-refractivity contribution is 7.98. The molecule has 7 nitrogen and oxygen atoms in total. The van der Waals surface area contributed by atoms with E-state index in [9.17, 15) is 20.2 Å². The van der Waals surface area contributed by atoms with Gasteiger partial charge in [0.25, 0.3) is 11.4 Å². The lowest BCUT2D eigenvalue weighted by Crippen LogP contribution is -1.99. The lowest BCUT2D eigenvalue weighted by Gasteiger charge is -2.02. The van der Waals surface area contributed by atoms with Crippen molar-refractivity contribution in [2.24, 2.45) is 0 Å². The molecule has 0 unspecified atom stereocenters. The summed E-state index contributed by atoms with van der Waals surface area (Å²) in [5.74, 6) is 0. The first-order chi connectivity index (χ1) is 6.97. The Morgan fingerprint density at radius 1 is 1.20 bits per heavy atom. The van der Waals surface area contributed by atoms with Gasteiger partial charge in [-0.3, -0.25) is 20.2 Å². The molecule has 0 aliphatic heterocycles. The van der Waals surface area contributed by atoms with Crippen molar-refractivity contribution in [3.05, 3.63) is 32.4 Å². The van der Waals surface area contributed by atoms with Gasteiger partial charge >= 0.3 is 0 Å². The minimum Gasteiger partial charge on any atom is -0.398 e. The van der Waals surface area contributed by atoms with Crippen LogP contribution < -0.4 is 5.73 Å². The minimum atomic E-state index is -0.685. The van der Waals surface area contributed by atoms with E-state index >= 15 is 0 Å². The van der Waals surface area contributed by atoms with Gasteiger partial charge in [0, 0.05) is 17.8 Å². The zero-order chi connectivity index (χ0) is 11.6. The van der Waals surface area contributed by atoms with Crippen molar-refractivity contribution >= 4 is 28.8 Å². The van der Waals surface area contributed by atoms with Gasteiger partial charge in [-0.15, -0.1) is 11.8 Å². The summed E-state index contributed by atoms with van der Waals surface area (Å²) in [5.41, 5.74) is 4.67. The van der Waals surface area contributed by atoms with E-state index in [4.69, 9.17) is 5.73 Å². The maximum Gasteiger partial charge on any atom is 0.291 e. The Hall–Kier alpha value is -1.83. The van der Waals surface area contributed by atoms with E-state index < -0.39 is 9.85 Å². The van der Waals surface area contributed by atoms with Crippen LogP contribution in [0.5, 0.6) is 0 Å². The summed E-state index contributed by atoms with van der Waals surface area (Å²) in [6.07, 6.45) is 1.53. The van der Waals surface area contributed by atoms with Gasteiger partial charge in [0.2, 0.25) is 0 Å². The number of nitrogen functional groups attached to an aromatic ring is 1. The number of nitro benzene ring substituents is 2. The van der Waals surface area contributed by atoms with Gasteiger partial charge in [0.1, 0.15) is 0 Å². The third-order valence-corrected chi connectivity index (χ3v) is 2.50. The number of hydrogen-bond donors (Lipinski definition) is 1. The molecular formula is C7H7N3O4S. The summed E-state index contributed by atoms with van der Waals surface area (Å²) < 4.78 is 0. The van der Waals surface area contributed by atoms with Crippen LogP contribution in [-0.4, -0.2) is 16.1 Å². The summed E-state index contributed by atoms with van der Waals surface area (Å²) >= 11 is 0.949. The standard InChI is InChI=1S/C7H7N3O4S/c1-15-7-5(9(11)12)2-4(8)3-6(7)10(13)14/h2-3H,8H2,1H3. The molecule has 1 aromatic carbocycles. The molecule has 8 heteroatoms. The van der Waals surface area contributed by atoms with Crippen LogP contribution in [0.25, 0.3) is 0 Å². The van der Waals surface area contributed by atoms with Crippen molar-refractivity contribution in [1.82, 2.24) is 0 Å². The maximum atomic E-state index is 10.6. The molecule has 0 saturated heterocycles. The van der Waals surface area contributed by atoms with Crippen molar-refractivity contribution < 1.29 is 9.85 Å². The van der Waals surface area contributed by atoms with Crippen LogP contribution in [0.3, 0.4) is 0 Å². The molecular weight excluding hydrogens is 222 g/mol. The Morgan fingerprint density at radius 3 is 1.87 bits per heavy atom. The van der Waals surface area contributed by atoms with Gasteiger partial charge in [-0.1, -0.05) is 0 Å². The summed E-state index contributed by atoms with van der Waals surface area (Å²) in [4.78, 5) is 19.9. The largest absolute Gasteiger partial charge is 0.398 e. The van der Waals surface area contributed by atoms with E-state index in [0.717, 1.165) is 23.9 Å². The molecule has 15 heavy (non-hydrogen) atoms. The fourth-order valence-corrected chi connectivity index (χ4v) is 1.79. The number of hydrogen-bond acceptors (Lipinski definition) is 6. The molecule has 0 saturated carbocycles. The fourth-order valence-electron chi connectivity index (χ4n) is 1.10. The first kappa shape index (κ1) is 11.2. The van der Waals surface area contributed by atoms with E-state index in [1.165, 1.54) is 6.26 Å². The van der Waals surface area contributed by atoms with Crippen molar-refractivity contribution in [1.29, 1.82) is 0 Å². The lowest BCUT2D eigenvalue weighted by atomic mass is 10.2. The monoisotopic (exact) mass is 229 g/mol. The highest BCUT2D eigenvalue weighted by atomic mass is 32.2. The Balaban J connectivity index is 3.52. The molecule has 0 bridgehead atoms. The summed E-state index contributed by atoms with van der Waals surface area (Å²) in [5, 5.41) is 21.2. The number of nitrogens with zero attached hydrogens (tertiary/aromatic N) is 2. The second-order valence-corrected chi connectivity index (χ2v) is 3.42. The number of thioether (sulfide) groups is 1. The van der Waals surface area contributed by atoms with E-state index in [-0.39, 0.29) is 22.0 Å². The van der Waals surface area contributed by atoms with E-state index in [1.54, 1.807) is 0 Å². The maximum absolute atomic E-state index is 10.6. The molecule has 1 rings (SSSR count). The molecule has 0 aromatic heterocycles. The molecule has 2 N–H and O–H groups in total. The molecule has 0 radical (unpaired) electrons. The number of anilines is 1. The van der Waals surface area contributed by atoms with Crippen molar-refractivity contribution in [3.63, 3.8) is 0 Å². The summed E-state index contributed by atoms with van der Waals surface area (Å²) in [6.45, 7) is 0. The predicted molar refractivity (Wildman–Crippen MR) is 55.9 cm³/mol. The second-order valence-electron chi connectivity index (χ2n) is 2.61. The zero-order valence-corrected chi connectivity index (χ0v) is 8.48. The Kier molecular flexibility index (Phi) is 3.10. The highest BCUT2D eigenvalue weighted by Gasteiger charge is 2.25. The van der Waals surface area contributed by atoms with Crippen molar-refractivity contribution in [3.8, 4) is 0 Å². The highest BCUT2D eigenvalue weighted by Crippen LogP contribution is 2.37. The van der Waals surface area contributed by atoms with Crippen molar-refractivity contribution in [2.45, 2.75) is 4.90 Å². The Bertz CT molecular complexity index is 399. The third-order valence-electron chi connectivity index (χ3n) is 1.67. The molecule has 0 fully saturated rings. The molecule has 0 heterocycles. The predicted octanol–water partition coefficient (Wildman–Crippen LogP) is 1.81. The van der Waals surface area contributed by atoms with Crippen LogP contribution in [0.1, 0.15) is 0 Å². The van der Waals surface area contributed by atoms with Crippen LogP contribution in [0.15, 0.2) is 17.0 Å². The molecule has 0 atom stereocenters. The lowest BCUT2D eigenvalue weighted by molar-refractivity contribution is -0.399. The Morgan fingerprint density at radius 2 is 1.60 bits per heavy atom. The SMILES string of the molecule is CSc1c([N+](=O)[O-])cc(N)cc1[N+](=O)[O-]. The number of rotatable bonds is 3. The topological polar surface area (TPSA) is 112 Å². The van der Waals surface area contributed by atoms with Crippen LogP contribution in [0.2, 0.25) is 0 Å². The van der Waals surface area contributed by atoms with Gasteiger partial charge < -0.3 is 5.73 Å². The van der Waals surface area contributed by atoms with Crippen LogP contribution in [-0.2, 0) is 0 Å². The van der Waals surface area contributed by atoms with Crippen LogP contribution >= 0.6 is 11.8 Å². The number of benzene rings is 1. The Labute approximate surface area is 88.6 Å². The van der Waals surface area contributed by atoms with E-state index in [0.29, 0.717) is 0 Å². The van der Waals surface area contributed by atoms with Gasteiger partial charge in [-0.25, -0.2) is 0 Å². The van der Waals surface area contributed by atoms with Gasteiger partial charge in [0.05, 0.1) is 9.85 Å². The fraction of sp³-hybridized carbons (Fsp3) is 0.143. The quantitative estimate of drug-likeness (QED) is 0.366. The summed E-state index contributed by atoms with van der Waals surface area (Å²) in [7, 11) is 0. The van der Waals surface area contributed by atoms with E-state index in [1.807, 2.05) is 0 Å². The molecule has 0 amide bonds. The zero-order valence-electron chi connectivity index (χ0n) is 7.67. The third kappa shape index (κ3) is 2.15. The normalized spacial score (nSPS) is 9.93. The van der Waals surface area contributed by atoms with Crippen LogP contribution in [0.4, 0.5) is 17.1 Å². The first-order valence-corrected chi connectivity index (χ1v) is 4.96. The van der Waals surface area contributed by atoms with Gasteiger partial charge in [-0.2, -0.15) is 0 Å². The smallest absolute Gasteiger partial charge is 0.291 e. The minimum absolute atomic E-state index is 0.00574. The first-order valence-electron chi connectivity index (χ1n) is 3.73. The number of nitro groups is 2. The molecule has 0 aliphatic carbocycles. The second kappa shape index (κ2) is 4.13.